The van der Waals surface area contributed by atoms with E-state index in [1.807, 2.05) is 206 Å². The molecule has 0 bridgehead atoms. The van der Waals surface area contributed by atoms with Crippen LogP contribution in [0, 0.1) is 0 Å². The highest BCUT2D eigenvalue weighted by atomic mass is 16.5. The van der Waals surface area contributed by atoms with E-state index in [9.17, 15) is 24.0 Å². The Bertz CT molecular complexity index is 4430. The second-order valence-corrected chi connectivity index (χ2v) is 30.5. The number of quaternary nitrogens is 5. The minimum atomic E-state index is -0.251. The summed E-state index contributed by atoms with van der Waals surface area (Å²) in [7, 11) is 12.4. The van der Waals surface area contributed by atoms with Crippen LogP contribution in [-0.2, 0) is 23.7 Å². The molecule has 0 aliphatic heterocycles. The molecule has 10 aromatic carbocycles. The van der Waals surface area contributed by atoms with Crippen LogP contribution < -0.4 is 0 Å². The number of likely N-dealkylation sites (N-methyl/N-ethyl adjacent to an activating group) is 5. The summed E-state index contributed by atoms with van der Waals surface area (Å²) in [4.78, 5) is 61.0. The molecular weight excluding hydrogens is 1360 g/mol. The van der Waals surface area contributed by atoms with E-state index >= 15 is 0 Å². The van der Waals surface area contributed by atoms with E-state index in [0.29, 0.717) is 60.9 Å². The molecule has 109 heavy (non-hydrogen) atoms. The normalized spacial score (nSPS) is 12.0. The van der Waals surface area contributed by atoms with Gasteiger partial charge in [-0.2, -0.15) is 0 Å². The number of ether oxygens (including phenoxy) is 5. The second-order valence-electron chi connectivity index (χ2n) is 30.5. The number of unbranched alkanes of at least 4 members (excludes halogenated alkanes) is 1. The van der Waals surface area contributed by atoms with Crippen LogP contribution in [0.25, 0.3) is 53.9 Å². The Morgan fingerprint density at radius 2 is 0.514 bits per heavy atom. The first-order chi connectivity index (χ1) is 52.3. The first-order valence-corrected chi connectivity index (χ1v) is 39.8. The predicted octanol–water partition coefficient (Wildman–Crippen LogP) is 19.0. The van der Waals surface area contributed by atoms with Gasteiger partial charge in [-0.1, -0.05) is 192 Å². The molecule has 0 saturated carbocycles. The van der Waals surface area contributed by atoms with Crippen molar-refractivity contribution in [2.75, 3.05) is 167 Å². The highest BCUT2D eigenvalue weighted by molar-refractivity contribution is 6.04. The standard InChI is InChI=1S/C22H32NO2.C21H30NO2.C19H26NO2.2C16H20NO2/c1-4-7-15-23(6-3,14-5-2)16-17-25-22(24)21-13-12-19-10-8-9-11-20(19)18-21;1-4-13-22(6-3,14-5-2)15-16-24-21(23)20-12-11-18-9-7-8-10-19(18)17-20;1-4-20(5-2,6-3)13-14-22-19(21)18-12-11-16-9-7-8-10-17(16)15-18;1-17(2,3)11-12-19-16(18)15-10-6-8-13-7-4-5-9-14(13)15;1-17(2,3)10-11-19-16(18)15-9-8-13-6-4-5-7-14(13)12-15/h8-13,18H,4-7,14-17H2,1-3H3;7-12,17H,4-6,13-16H2,1-3H3;7-12,15H,4-6,13-14H2,1-3H3;4-10H,11-12H2,1-3H3;4-9,12H,10-11H2,1-3H3/q5*+1. The molecule has 15 nitrogen and oxygen atoms in total. The summed E-state index contributed by atoms with van der Waals surface area (Å²) in [5.41, 5.74) is 3.15. The lowest BCUT2D eigenvalue weighted by atomic mass is 10.1. The minimum Gasteiger partial charge on any atom is -0.456 e. The van der Waals surface area contributed by atoms with Gasteiger partial charge in [0, 0.05) is 0 Å². The molecule has 1 atom stereocenters. The van der Waals surface area contributed by atoms with Gasteiger partial charge in [-0.25, -0.2) is 24.0 Å². The first-order valence-electron chi connectivity index (χ1n) is 39.8. The number of benzene rings is 10. The van der Waals surface area contributed by atoms with E-state index in [4.69, 9.17) is 23.7 Å². The zero-order chi connectivity index (χ0) is 79.3. The lowest BCUT2D eigenvalue weighted by Crippen LogP contribution is -2.51. The van der Waals surface area contributed by atoms with Gasteiger partial charge in [0.25, 0.3) is 0 Å². The zero-order valence-corrected chi connectivity index (χ0v) is 68.5. The summed E-state index contributed by atoms with van der Waals surface area (Å²) in [6.45, 7) is 36.6. The summed E-state index contributed by atoms with van der Waals surface area (Å²) in [5, 5.41) is 10.8. The quantitative estimate of drug-likeness (QED) is 0.0218. The van der Waals surface area contributed by atoms with Crippen LogP contribution in [0.5, 0.6) is 0 Å². The Labute approximate surface area is 651 Å². The average molecular weight is 1490 g/mol. The maximum atomic E-state index is 12.4. The molecule has 0 aliphatic carbocycles. The Balaban J connectivity index is 0.000000214. The third-order valence-electron chi connectivity index (χ3n) is 20.8. The predicted molar refractivity (Wildman–Crippen MR) is 450 cm³/mol. The third kappa shape index (κ3) is 28.9. The molecule has 0 fully saturated rings. The van der Waals surface area contributed by atoms with Gasteiger partial charge < -0.3 is 46.1 Å². The lowest BCUT2D eigenvalue weighted by Gasteiger charge is -2.37. The SMILES string of the molecule is CCCC[N+](CC)(CCC)CCOC(=O)c1ccc2ccccc2c1.CCC[N+](CC)(CCC)CCOC(=O)c1ccc2ccccc2c1.CC[N+](CC)(CC)CCOC(=O)c1ccc2ccccc2c1.C[N+](C)(C)CCOC(=O)c1ccc2ccccc2c1.C[N+](C)(C)CCOC(=O)c1cccc2ccccc12. The molecule has 0 heterocycles. The van der Waals surface area contributed by atoms with Crippen molar-refractivity contribution >= 4 is 83.7 Å². The highest BCUT2D eigenvalue weighted by Crippen LogP contribution is 2.23. The number of fused-ring (bicyclic) bond motifs is 5. The average Bonchev–Trinajstić information content (AvgIpc) is 0.815. The molecule has 0 N–H and O–H groups in total. The van der Waals surface area contributed by atoms with Gasteiger partial charge in [0.05, 0.1) is 129 Å². The fourth-order valence-corrected chi connectivity index (χ4v) is 13.6. The van der Waals surface area contributed by atoms with E-state index in [0.717, 1.165) is 181 Å². The van der Waals surface area contributed by atoms with Crippen LogP contribution in [0.15, 0.2) is 212 Å². The van der Waals surface area contributed by atoms with Crippen LogP contribution in [0.1, 0.15) is 146 Å². The van der Waals surface area contributed by atoms with Crippen molar-refractivity contribution in [3.63, 3.8) is 0 Å². The van der Waals surface area contributed by atoms with E-state index < -0.39 is 0 Å². The molecule has 0 amide bonds. The van der Waals surface area contributed by atoms with Gasteiger partial charge in [-0.15, -0.1) is 0 Å². The Morgan fingerprint density at radius 1 is 0.248 bits per heavy atom. The van der Waals surface area contributed by atoms with Crippen LogP contribution >= 0.6 is 0 Å². The molecule has 0 aliphatic rings. The number of hydrogen-bond donors (Lipinski definition) is 0. The molecule has 0 saturated heterocycles. The van der Waals surface area contributed by atoms with Crippen molar-refractivity contribution in [1.29, 1.82) is 0 Å². The highest BCUT2D eigenvalue weighted by Gasteiger charge is 2.27. The van der Waals surface area contributed by atoms with Crippen LogP contribution in [0.3, 0.4) is 0 Å². The van der Waals surface area contributed by atoms with Crippen molar-refractivity contribution in [2.45, 2.75) is 94.4 Å². The molecule has 0 radical (unpaired) electrons. The van der Waals surface area contributed by atoms with Gasteiger partial charge in [0.1, 0.15) is 65.8 Å². The van der Waals surface area contributed by atoms with Crippen molar-refractivity contribution in [3.8, 4) is 0 Å². The number of carbonyl (C=O) groups excluding carboxylic acids is 5. The van der Waals surface area contributed by atoms with Gasteiger partial charge in [0.2, 0.25) is 0 Å². The number of esters is 5. The van der Waals surface area contributed by atoms with Gasteiger partial charge >= 0.3 is 29.8 Å². The van der Waals surface area contributed by atoms with E-state index in [1.165, 1.54) is 19.4 Å². The fraction of sp³-hybridized carbons (Fsp3) is 0.415. The number of rotatable bonds is 34. The van der Waals surface area contributed by atoms with E-state index in [2.05, 4.69) is 111 Å². The minimum absolute atomic E-state index is 0.216. The number of carbonyl (C=O) groups is 5. The molecule has 10 rings (SSSR count). The van der Waals surface area contributed by atoms with E-state index in [1.54, 1.807) is 0 Å². The maximum Gasteiger partial charge on any atom is 0.338 e. The van der Waals surface area contributed by atoms with E-state index in [-0.39, 0.29) is 29.8 Å². The topological polar surface area (TPSA) is 132 Å². The smallest absolute Gasteiger partial charge is 0.338 e. The van der Waals surface area contributed by atoms with Crippen LogP contribution in [0.2, 0.25) is 0 Å². The maximum absolute atomic E-state index is 12.4. The summed E-state index contributed by atoms with van der Waals surface area (Å²) in [6, 6.07) is 68.6. The Morgan fingerprint density at radius 3 is 0.817 bits per heavy atom. The van der Waals surface area contributed by atoms with Gasteiger partial charge in [-0.05, 0) is 169 Å². The molecule has 15 heteroatoms. The molecule has 10 aromatic rings. The largest absolute Gasteiger partial charge is 0.456 e. The monoisotopic (exact) mass is 1490 g/mol. The summed E-state index contributed by atoms with van der Waals surface area (Å²) >= 11 is 0. The van der Waals surface area contributed by atoms with Crippen molar-refractivity contribution in [2.24, 2.45) is 0 Å². The first kappa shape index (κ1) is 88.6. The Hall–Kier alpha value is -9.35. The number of nitrogens with zero attached hydrogens (tertiary/aromatic N) is 5. The summed E-state index contributed by atoms with van der Waals surface area (Å²) in [6.07, 6.45) is 5.92. The van der Waals surface area contributed by atoms with Crippen LogP contribution in [-0.4, -0.2) is 219 Å². The second kappa shape index (κ2) is 45.0. The number of hydrogen-bond acceptors (Lipinski definition) is 10. The Kier molecular flexibility index (Phi) is 36.5. The van der Waals surface area contributed by atoms with Crippen LogP contribution in [0.4, 0.5) is 0 Å². The van der Waals surface area contributed by atoms with Gasteiger partial charge in [0.15, 0.2) is 0 Å². The summed E-state index contributed by atoms with van der Waals surface area (Å²) in [5.74, 6) is -1.16. The van der Waals surface area contributed by atoms with Crippen molar-refractivity contribution in [3.05, 3.63) is 240 Å². The molecule has 1 unspecified atom stereocenters. The lowest BCUT2D eigenvalue weighted by molar-refractivity contribution is -0.926. The molecular formula is C94H128N5O10+5. The zero-order valence-electron chi connectivity index (χ0n) is 68.5. The fourth-order valence-electron chi connectivity index (χ4n) is 13.6. The van der Waals surface area contributed by atoms with Crippen molar-refractivity contribution in [1.82, 2.24) is 0 Å². The van der Waals surface area contributed by atoms with Gasteiger partial charge in [-0.3, -0.25) is 0 Å². The molecule has 584 valence electrons. The molecule has 0 aromatic heterocycles. The third-order valence-corrected chi connectivity index (χ3v) is 20.8. The molecule has 0 spiro atoms. The summed E-state index contributed by atoms with van der Waals surface area (Å²) < 4.78 is 32.0. The van der Waals surface area contributed by atoms with Crippen molar-refractivity contribution < 1.29 is 70.1 Å².